The summed E-state index contributed by atoms with van der Waals surface area (Å²) in [6, 6.07) is 7.54. The summed E-state index contributed by atoms with van der Waals surface area (Å²) in [7, 11) is -1.08. The standard InChI is InChI=1S/C18H25ClN4O2S2/c1-13(2)10-22(14-8-9-27(24,25)11-14)12-23-18(26)21(3)17(20-23)15-6-4-5-7-16(15)19/h4-7,13-14H,8-12H2,1-3H3/t14-/m1/s1. The summed E-state index contributed by atoms with van der Waals surface area (Å²) < 4.78 is 28.1. The second-order valence-corrected chi connectivity index (χ2v) is 10.5. The summed E-state index contributed by atoms with van der Waals surface area (Å²) in [5.74, 6) is 1.57. The lowest BCUT2D eigenvalue weighted by molar-refractivity contribution is 0.137. The second kappa shape index (κ2) is 8.03. The van der Waals surface area contributed by atoms with Crippen molar-refractivity contribution in [1.29, 1.82) is 0 Å². The van der Waals surface area contributed by atoms with E-state index in [2.05, 4.69) is 18.7 Å². The van der Waals surface area contributed by atoms with Crippen LogP contribution >= 0.6 is 23.8 Å². The third kappa shape index (κ3) is 4.62. The molecule has 6 nitrogen and oxygen atoms in total. The summed E-state index contributed by atoms with van der Waals surface area (Å²) >= 11 is 11.9. The lowest BCUT2D eigenvalue weighted by Crippen LogP contribution is -2.40. The summed E-state index contributed by atoms with van der Waals surface area (Å²) in [5, 5.41) is 5.31. The molecule has 0 aliphatic carbocycles. The molecule has 2 aromatic rings. The van der Waals surface area contributed by atoms with Crippen molar-refractivity contribution >= 4 is 33.7 Å². The molecule has 9 heteroatoms. The van der Waals surface area contributed by atoms with Gasteiger partial charge in [-0.15, -0.1) is 0 Å². The fourth-order valence-electron chi connectivity index (χ4n) is 3.48. The molecule has 0 unspecified atom stereocenters. The van der Waals surface area contributed by atoms with Crippen LogP contribution in [-0.2, 0) is 23.6 Å². The molecular formula is C18H25ClN4O2S2. The van der Waals surface area contributed by atoms with Crippen LogP contribution in [0.5, 0.6) is 0 Å². The number of aromatic nitrogens is 3. The van der Waals surface area contributed by atoms with Crippen molar-refractivity contribution in [2.45, 2.75) is 33.0 Å². The zero-order valence-corrected chi connectivity index (χ0v) is 18.2. The van der Waals surface area contributed by atoms with Gasteiger partial charge >= 0.3 is 0 Å². The number of benzene rings is 1. The van der Waals surface area contributed by atoms with Gasteiger partial charge in [0.1, 0.15) is 0 Å². The summed E-state index contributed by atoms with van der Waals surface area (Å²) in [5.41, 5.74) is 0.824. The highest BCUT2D eigenvalue weighted by atomic mass is 35.5. The van der Waals surface area contributed by atoms with Crippen LogP contribution in [0.3, 0.4) is 0 Å². The Morgan fingerprint density at radius 1 is 1.37 bits per heavy atom. The average molecular weight is 429 g/mol. The first-order valence-electron chi connectivity index (χ1n) is 9.01. The van der Waals surface area contributed by atoms with Crippen LogP contribution in [-0.4, -0.2) is 51.8 Å². The lowest BCUT2D eigenvalue weighted by Gasteiger charge is -2.29. The average Bonchev–Trinajstić information content (AvgIpc) is 3.08. The third-order valence-corrected chi connectivity index (χ3v) is 7.36. The number of nitrogens with zero attached hydrogens (tertiary/aromatic N) is 4. The van der Waals surface area contributed by atoms with E-state index in [9.17, 15) is 8.42 Å². The van der Waals surface area contributed by atoms with Gasteiger partial charge in [0.25, 0.3) is 0 Å². The van der Waals surface area contributed by atoms with Crippen molar-refractivity contribution < 1.29 is 8.42 Å². The minimum atomic E-state index is -2.95. The lowest BCUT2D eigenvalue weighted by atomic mass is 10.1. The van der Waals surface area contributed by atoms with Gasteiger partial charge in [-0.25, -0.2) is 13.1 Å². The third-order valence-electron chi connectivity index (χ3n) is 4.80. The van der Waals surface area contributed by atoms with Gasteiger partial charge in [-0.1, -0.05) is 37.6 Å². The second-order valence-electron chi connectivity index (χ2n) is 7.51. The molecule has 0 N–H and O–H groups in total. The van der Waals surface area contributed by atoms with Crippen molar-refractivity contribution in [3.8, 4) is 11.4 Å². The van der Waals surface area contributed by atoms with E-state index in [-0.39, 0.29) is 17.5 Å². The van der Waals surface area contributed by atoms with Gasteiger partial charge in [-0.2, -0.15) is 5.10 Å². The smallest absolute Gasteiger partial charge is 0.199 e. The Balaban J connectivity index is 1.92. The largest absolute Gasteiger partial charge is 0.303 e. The van der Waals surface area contributed by atoms with E-state index in [0.29, 0.717) is 34.6 Å². The summed E-state index contributed by atoms with van der Waals surface area (Å²) in [6.45, 7) is 5.52. The van der Waals surface area contributed by atoms with Crippen molar-refractivity contribution in [3.05, 3.63) is 34.1 Å². The maximum atomic E-state index is 11.9. The molecule has 0 radical (unpaired) electrons. The van der Waals surface area contributed by atoms with Crippen LogP contribution in [0.25, 0.3) is 11.4 Å². The van der Waals surface area contributed by atoms with E-state index in [0.717, 1.165) is 12.1 Å². The number of halogens is 1. The van der Waals surface area contributed by atoms with Crippen LogP contribution in [0.1, 0.15) is 20.3 Å². The van der Waals surface area contributed by atoms with Crippen LogP contribution in [0, 0.1) is 10.7 Å². The number of hydrogen-bond acceptors (Lipinski definition) is 5. The van der Waals surface area contributed by atoms with E-state index >= 15 is 0 Å². The SMILES string of the molecule is CC(C)CN(Cn1nc(-c2ccccc2Cl)n(C)c1=S)[C@@H]1CCS(=O)(=O)C1. The van der Waals surface area contributed by atoms with E-state index in [1.165, 1.54) is 0 Å². The van der Waals surface area contributed by atoms with Crippen molar-refractivity contribution in [2.24, 2.45) is 13.0 Å². The highest BCUT2D eigenvalue weighted by Gasteiger charge is 2.33. The Morgan fingerprint density at radius 3 is 2.67 bits per heavy atom. The fourth-order valence-corrected chi connectivity index (χ4v) is 5.65. The molecule has 148 valence electrons. The maximum Gasteiger partial charge on any atom is 0.199 e. The monoisotopic (exact) mass is 428 g/mol. The van der Waals surface area contributed by atoms with Gasteiger partial charge in [-0.05, 0) is 36.7 Å². The van der Waals surface area contributed by atoms with Crippen LogP contribution in [0.4, 0.5) is 0 Å². The van der Waals surface area contributed by atoms with Gasteiger partial charge < -0.3 is 4.57 Å². The molecule has 0 saturated carbocycles. The predicted molar refractivity (Wildman–Crippen MR) is 111 cm³/mol. The number of hydrogen-bond donors (Lipinski definition) is 0. The zero-order valence-electron chi connectivity index (χ0n) is 15.8. The predicted octanol–water partition coefficient (Wildman–Crippen LogP) is 3.37. The van der Waals surface area contributed by atoms with Gasteiger partial charge in [-0.3, -0.25) is 4.90 Å². The number of rotatable bonds is 6. The van der Waals surface area contributed by atoms with Crippen LogP contribution in [0.15, 0.2) is 24.3 Å². The molecule has 1 fully saturated rings. The van der Waals surface area contributed by atoms with E-state index in [1.807, 2.05) is 35.9 Å². The van der Waals surface area contributed by atoms with E-state index in [4.69, 9.17) is 28.9 Å². The van der Waals surface area contributed by atoms with E-state index < -0.39 is 9.84 Å². The Kier molecular flexibility index (Phi) is 6.10. The molecule has 1 aromatic heterocycles. The molecule has 0 spiro atoms. The maximum absolute atomic E-state index is 11.9. The first-order chi connectivity index (χ1) is 12.7. The molecule has 1 saturated heterocycles. The molecule has 1 aromatic carbocycles. The van der Waals surface area contributed by atoms with Gasteiger partial charge in [0.2, 0.25) is 0 Å². The van der Waals surface area contributed by atoms with Gasteiger partial charge in [0, 0.05) is 25.2 Å². The van der Waals surface area contributed by atoms with Gasteiger partial charge in [0.05, 0.1) is 23.2 Å². The molecule has 3 rings (SSSR count). The number of sulfone groups is 1. The molecular weight excluding hydrogens is 404 g/mol. The Bertz CT molecular complexity index is 981. The summed E-state index contributed by atoms with van der Waals surface area (Å²) in [6.07, 6.45) is 0.659. The highest BCUT2D eigenvalue weighted by Crippen LogP contribution is 2.26. The molecule has 0 amide bonds. The summed E-state index contributed by atoms with van der Waals surface area (Å²) in [4.78, 5) is 2.19. The van der Waals surface area contributed by atoms with Gasteiger partial charge in [0.15, 0.2) is 20.4 Å². The van der Waals surface area contributed by atoms with Crippen molar-refractivity contribution in [3.63, 3.8) is 0 Å². The molecule has 27 heavy (non-hydrogen) atoms. The molecule has 2 heterocycles. The Labute approximate surface area is 170 Å². The first kappa shape index (κ1) is 20.5. The zero-order chi connectivity index (χ0) is 19.8. The van der Waals surface area contributed by atoms with E-state index in [1.54, 1.807) is 4.68 Å². The molecule has 1 atom stereocenters. The molecule has 0 bridgehead atoms. The molecule has 1 aliphatic rings. The first-order valence-corrected chi connectivity index (χ1v) is 11.6. The quantitative estimate of drug-likeness (QED) is 0.660. The normalized spacial score (nSPS) is 19.3. The molecule has 1 aliphatic heterocycles. The highest BCUT2D eigenvalue weighted by molar-refractivity contribution is 7.91. The fraction of sp³-hybridized carbons (Fsp3) is 0.556. The van der Waals surface area contributed by atoms with Crippen LogP contribution < -0.4 is 0 Å². The minimum Gasteiger partial charge on any atom is -0.303 e. The van der Waals surface area contributed by atoms with Crippen molar-refractivity contribution in [1.82, 2.24) is 19.2 Å². The van der Waals surface area contributed by atoms with Crippen molar-refractivity contribution in [2.75, 3.05) is 18.1 Å². The Hall–Kier alpha value is -1.22. The Morgan fingerprint density at radius 2 is 2.07 bits per heavy atom. The minimum absolute atomic E-state index is 0.00469. The van der Waals surface area contributed by atoms with Crippen LogP contribution in [0.2, 0.25) is 5.02 Å². The topological polar surface area (TPSA) is 60.1 Å².